The monoisotopic (exact) mass is 1130 g/mol. The second-order valence-electron chi connectivity index (χ2n) is 17.9. The maximum atomic E-state index is 13.1. The highest BCUT2D eigenvalue weighted by atomic mass is 35.5. The minimum atomic E-state index is -3.78. The first-order valence-corrected chi connectivity index (χ1v) is 28.8. The molecule has 402 valence electrons. The summed E-state index contributed by atoms with van der Waals surface area (Å²) in [5, 5.41) is 14.5. The molecule has 0 saturated carbocycles. The fourth-order valence-corrected chi connectivity index (χ4v) is 11.9. The summed E-state index contributed by atoms with van der Waals surface area (Å²) >= 11 is 25.7. The van der Waals surface area contributed by atoms with Gasteiger partial charge < -0.3 is 50.0 Å². The Morgan fingerprint density at radius 2 is 0.973 bits per heavy atom. The fraction of sp³-hybridized carbons (Fsp3) is 0.500. The number of fused-ring (bicyclic) bond motifs is 2. The van der Waals surface area contributed by atoms with Crippen LogP contribution < -0.4 is 30.7 Å². The van der Waals surface area contributed by atoms with Gasteiger partial charge in [-0.25, -0.2) is 31.1 Å². The van der Waals surface area contributed by atoms with E-state index in [1.807, 2.05) is 38.4 Å². The lowest BCUT2D eigenvalue weighted by Crippen LogP contribution is -2.38. The molecule has 2 aliphatic rings. The lowest BCUT2D eigenvalue weighted by Gasteiger charge is -2.33. The lowest BCUT2D eigenvalue weighted by molar-refractivity contribution is 0.0510. The number of nitrogens with one attached hydrogen (secondary N) is 6. The molecule has 17 nitrogen and oxygen atoms in total. The third-order valence-corrected chi connectivity index (χ3v) is 16.2. The van der Waals surface area contributed by atoms with Gasteiger partial charge in [0, 0.05) is 97.5 Å². The Balaban J connectivity index is 0.695. The van der Waals surface area contributed by atoms with Crippen LogP contribution in [0.25, 0.3) is 0 Å². The van der Waals surface area contributed by atoms with Gasteiger partial charge in [-0.2, -0.15) is 0 Å². The van der Waals surface area contributed by atoms with Crippen LogP contribution in [0.2, 0.25) is 20.1 Å². The number of nitrogens with zero attached hydrogens (tertiary/aromatic N) is 2. The number of amides is 2. The number of urea groups is 1. The molecule has 2 heterocycles. The van der Waals surface area contributed by atoms with E-state index in [0.29, 0.717) is 106 Å². The molecule has 0 spiro atoms. The van der Waals surface area contributed by atoms with Crippen LogP contribution in [0.1, 0.15) is 58.1 Å². The van der Waals surface area contributed by atoms with Crippen molar-refractivity contribution < 1.29 is 40.6 Å². The van der Waals surface area contributed by atoms with E-state index < -0.39 is 20.0 Å². The summed E-state index contributed by atoms with van der Waals surface area (Å²) in [6.45, 7) is 8.42. The first-order valence-electron chi connectivity index (χ1n) is 24.4. The molecule has 23 heteroatoms. The summed E-state index contributed by atoms with van der Waals surface area (Å²) in [4.78, 5) is 16.8. The third kappa shape index (κ3) is 18.8. The molecule has 2 amide bonds. The second kappa shape index (κ2) is 29.9. The predicted molar refractivity (Wildman–Crippen MR) is 287 cm³/mol. The minimum Gasteiger partial charge on any atom is -0.378 e. The highest BCUT2D eigenvalue weighted by Gasteiger charge is 2.30. The normalized spacial score (nSPS) is 16.3. The topological polar surface area (TPSA) is 201 Å². The van der Waals surface area contributed by atoms with Crippen molar-refractivity contribution >= 4 is 72.5 Å². The molecule has 4 aromatic carbocycles. The van der Waals surface area contributed by atoms with Crippen molar-refractivity contribution in [1.29, 1.82) is 0 Å². The molecule has 73 heavy (non-hydrogen) atoms. The second-order valence-corrected chi connectivity index (χ2v) is 23.1. The van der Waals surface area contributed by atoms with E-state index in [1.165, 1.54) is 0 Å². The number of sulfonamides is 2. The Kier molecular flexibility index (Phi) is 24.2. The summed E-state index contributed by atoms with van der Waals surface area (Å²) < 4.78 is 80.0. The fourth-order valence-electron chi connectivity index (χ4n) is 8.65. The first-order chi connectivity index (χ1) is 35.1. The average Bonchev–Trinajstić information content (AvgIpc) is 3.35. The number of hydrogen-bond donors (Lipinski definition) is 6. The molecule has 0 fully saturated rings. The minimum absolute atomic E-state index is 0.0748. The molecule has 0 radical (unpaired) electrons. The first kappa shape index (κ1) is 59.1. The van der Waals surface area contributed by atoms with Crippen LogP contribution >= 0.6 is 46.4 Å². The highest BCUT2D eigenvalue weighted by molar-refractivity contribution is 7.89. The molecule has 6 rings (SSSR count). The van der Waals surface area contributed by atoms with Crippen molar-refractivity contribution in [3.05, 3.63) is 126 Å². The van der Waals surface area contributed by atoms with Gasteiger partial charge in [0.15, 0.2) is 0 Å². The van der Waals surface area contributed by atoms with Gasteiger partial charge in [-0.05, 0) is 115 Å². The van der Waals surface area contributed by atoms with Crippen LogP contribution in [0.3, 0.4) is 0 Å². The maximum absolute atomic E-state index is 13.1. The number of carbonyl (C=O) groups excluding carboxylic acids is 1. The molecular formula is C50H68Cl4N8O9S2. The number of halogens is 4. The molecule has 0 aliphatic carbocycles. The molecule has 2 atom stereocenters. The van der Waals surface area contributed by atoms with Gasteiger partial charge in [0.25, 0.3) is 0 Å². The number of ether oxygens (including phenoxy) is 4. The lowest BCUT2D eigenvalue weighted by atomic mass is 9.85. The Morgan fingerprint density at radius 1 is 0.548 bits per heavy atom. The smallest absolute Gasteiger partial charge is 0.314 e. The van der Waals surface area contributed by atoms with Crippen LogP contribution in [0.15, 0.2) is 82.6 Å². The van der Waals surface area contributed by atoms with E-state index in [0.717, 1.165) is 52.8 Å². The molecule has 0 bridgehead atoms. The molecule has 0 saturated heterocycles. The van der Waals surface area contributed by atoms with Crippen molar-refractivity contribution in [2.75, 3.05) is 126 Å². The quantitative estimate of drug-likeness (QED) is 0.0254. The zero-order valence-corrected chi connectivity index (χ0v) is 46.0. The van der Waals surface area contributed by atoms with E-state index in [-0.39, 0.29) is 60.6 Å². The van der Waals surface area contributed by atoms with Crippen molar-refractivity contribution in [3.8, 4) is 0 Å². The molecule has 2 aliphatic heterocycles. The van der Waals surface area contributed by atoms with Gasteiger partial charge in [0.05, 0.1) is 62.6 Å². The summed E-state index contributed by atoms with van der Waals surface area (Å²) in [5.41, 5.74) is 5.75. The zero-order valence-electron chi connectivity index (χ0n) is 41.3. The molecule has 2 unspecified atom stereocenters. The van der Waals surface area contributed by atoms with Gasteiger partial charge >= 0.3 is 6.03 Å². The van der Waals surface area contributed by atoms with Gasteiger partial charge in [-0.15, -0.1) is 0 Å². The SMILES string of the molecule is CN1Cc2c(Cl)cc(Cl)cc2C(c2cccc(S(=O)(=O)NCCOCCOCCNCNCCCCNC(=O)NCCOCCOCCNS(=O)(=O)c3cccc(C4CN(C)Cc5c(Cl)cc(Cl)cc54)c3)c2)C1. The molecule has 4 aromatic rings. The number of rotatable bonds is 31. The highest BCUT2D eigenvalue weighted by Crippen LogP contribution is 2.40. The molecular weight excluding hydrogens is 1060 g/mol. The van der Waals surface area contributed by atoms with Gasteiger partial charge in [0.2, 0.25) is 20.0 Å². The van der Waals surface area contributed by atoms with E-state index in [4.69, 9.17) is 65.4 Å². The van der Waals surface area contributed by atoms with Gasteiger partial charge in [-0.3, -0.25) is 0 Å². The van der Waals surface area contributed by atoms with Crippen LogP contribution in [-0.2, 0) is 52.1 Å². The van der Waals surface area contributed by atoms with Gasteiger partial charge in [0.1, 0.15) is 0 Å². The predicted octanol–water partition coefficient (Wildman–Crippen LogP) is 5.99. The zero-order chi connectivity index (χ0) is 52.2. The van der Waals surface area contributed by atoms with E-state index in [2.05, 4.69) is 40.5 Å². The summed E-state index contributed by atoms with van der Waals surface area (Å²) in [5.74, 6) is -0.160. The van der Waals surface area contributed by atoms with Crippen molar-refractivity contribution in [1.82, 2.24) is 40.5 Å². The van der Waals surface area contributed by atoms with Crippen molar-refractivity contribution in [2.24, 2.45) is 0 Å². The van der Waals surface area contributed by atoms with Crippen molar-refractivity contribution in [2.45, 2.75) is 47.6 Å². The molecule has 6 N–H and O–H groups in total. The van der Waals surface area contributed by atoms with Crippen LogP contribution in [0.5, 0.6) is 0 Å². The van der Waals surface area contributed by atoms with Crippen molar-refractivity contribution in [3.63, 3.8) is 0 Å². The summed E-state index contributed by atoms with van der Waals surface area (Å²) in [7, 11) is -3.52. The Labute approximate surface area is 450 Å². The summed E-state index contributed by atoms with van der Waals surface area (Å²) in [6, 6.07) is 21.0. The number of hydrogen-bond acceptors (Lipinski definition) is 13. The largest absolute Gasteiger partial charge is 0.378 e. The van der Waals surface area contributed by atoms with Gasteiger partial charge in [-0.1, -0.05) is 70.7 Å². The third-order valence-electron chi connectivity index (χ3n) is 12.2. The van der Waals surface area contributed by atoms with E-state index >= 15 is 0 Å². The number of carbonyl (C=O) groups is 1. The molecule has 0 aromatic heterocycles. The standard InChI is InChI=1S/C50H68Cl4N8O9S2/c1-61-31-44(42-27-38(51)29-48(53)46(42)33-61)36-7-5-9-40(25-36)72(64,65)59-15-19-70-23-21-68-17-13-56-35-55-11-3-4-12-57-50(63)58-14-18-69-22-24-71-20-16-60-73(66,67)41-10-6-8-37(26-41)45-32-62(2)34-47-43(45)28-39(52)30-49(47)54/h5-10,25-30,44-45,55-56,59-60H,3-4,11-24,31-35H2,1-2H3,(H2,57,58,63). The summed E-state index contributed by atoms with van der Waals surface area (Å²) in [6.07, 6.45) is 1.70. The Bertz CT molecular complexity index is 2640. The Hall–Kier alpha value is -3.19. The van der Waals surface area contributed by atoms with E-state index in [1.54, 1.807) is 48.5 Å². The average molecular weight is 1130 g/mol. The number of likely N-dealkylation sites (N-methyl/N-ethyl adjacent to an activating group) is 2. The maximum Gasteiger partial charge on any atom is 0.314 e. The van der Waals surface area contributed by atoms with Crippen LogP contribution in [0, 0.1) is 0 Å². The Morgan fingerprint density at radius 3 is 1.47 bits per heavy atom. The van der Waals surface area contributed by atoms with Crippen LogP contribution in [-0.4, -0.2) is 159 Å². The van der Waals surface area contributed by atoms with E-state index in [9.17, 15) is 21.6 Å². The van der Waals surface area contributed by atoms with Crippen LogP contribution in [0.4, 0.5) is 4.79 Å². The number of benzene rings is 4. The number of unbranched alkanes of at least 4 members (excludes halogenated alkanes) is 1.